The molecule has 1 N–H and O–H groups in total. The van der Waals surface area contributed by atoms with Gasteiger partial charge < -0.3 is 14.7 Å². The van der Waals surface area contributed by atoms with Crippen molar-refractivity contribution in [1.29, 1.82) is 0 Å². The van der Waals surface area contributed by atoms with Crippen LogP contribution in [0.15, 0.2) is 24.3 Å². The molecule has 0 aliphatic carbocycles. The molecule has 2 atom stereocenters. The van der Waals surface area contributed by atoms with Gasteiger partial charge >= 0.3 is 5.97 Å². The van der Waals surface area contributed by atoms with Crippen molar-refractivity contribution in [3.05, 3.63) is 29.8 Å². The second-order valence-electron chi connectivity index (χ2n) is 6.11. The van der Waals surface area contributed by atoms with Gasteiger partial charge in [0.2, 0.25) is 5.91 Å². The number of carbonyl (C=O) groups is 2. The quantitative estimate of drug-likeness (QED) is 0.907. The van der Waals surface area contributed by atoms with Crippen LogP contribution in [0.4, 0.5) is 0 Å². The number of nitrogens with zero attached hydrogens (tertiary/aromatic N) is 1. The van der Waals surface area contributed by atoms with Gasteiger partial charge in [0.05, 0.1) is 18.4 Å². The van der Waals surface area contributed by atoms with Crippen molar-refractivity contribution in [2.45, 2.75) is 32.6 Å². The molecule has 2 unspecified atom stereocenters. The van der Waals surface area contributed by atoms with E-state index in [0.717, 1.165) is 11.3 Å². The molecule has 0 bridgehead atoms. The SMILES string of the molecule is CCC(C(=O)N1CCC(C)(C(=O)O)C1)c1ccc(OC)cc1. The lowest BCUT2D eigenvalue weighted by atomic mass is 9.90. The van der Waals surface area contributed by atoms with Crippen LogP contribution in [-0.4, -0.2) is 42.1 Å². The molecule has 22 heavy (non-hydrogen) atoms. The van der Waals surface area contributed by atoms with E-state index in [-0.39, 0.29) is 18.4 Å². The highest BCUT2D eigenvalue weighted by Crippen LogP contribution is 2.33. The predicted octanol–water partition coefficient (Wildman–Crippen LogP) is 2.51. The maximum absolute atomic E-state index is 12.7. The average molecular weight is 305 g/mol. The molecule has 1 aliphatic heterocycles. The fourth-order valence-corrected chi connectivity index (χ4v) is 2.93. The molecule has 0 radical (unpaired) electrons. The highest BCUT2D eigenvalue weighted by Gasteiger charge is 2.43. The van der Waals surface area contributed by atoms with Crippen LogP contribution in [0.1, 0.15) is 38.2 Å². The summed E-state index contributed by atoms with van der Waals surface area (Å²) >= 11 is 0. The largest absolute Gasteiger partial charge is 0.497 e. The van der Waals surface area contributed by atoms with Crippen molar-refractivity contribution in [2.24, 2.45) is 5.41 Å². The molecule has 0 aromatic heterocycles. The number of benzene rings is 1. The first kappa shape index (κ1) is 16.3. The van der Waals surface area contributed by atoms with Gasteiger partial charge in [-0.25, -0.2) is 0 Å². The fourth-order valence-electron chi connectivity index (χ4n) is 2.93. The Kier molecular flexibility index (Phi) is 4.74. The number of methoxy groups -OCH3 is 1. The zero-order valence-corrected chi connectivity index (χ0v) is 13.3. The van der Waals surface area contributed by atoms with Gasteiger partial charge in [0, 0.05) is 13.1 Å². The van der Waals surface area contributed by atoms with Crippen molar-refractivity contribution in [3.8, 4) is 5.75 Å². The van der Waals surface area contributed by atoms with Crippen LogP contribution >= 0.6 is 0 Å². The summed E-state index contributed by atoms with van der Waals surface area (Å²) in [6, 6.07) is 7.49. The summed E-state index contributed by atoms with van der Waals surface area (Å²) in [6.07, 6.45) is 1.19. The number of hydrogen-bond donors (Lipinski definition) is 1. The monoisotopic (exact) mass is 305 g/mol. The van der Waals surface area contributed by atoms with E-state index in [1.54, 1.807) is 18.9 Å². The van der Waals surface area contributed by atoms with Crippen LogP contribution in [0.3, 0.4) is 0 Å². The third-order valence-corrected chi connectivity index (χ3v) is 4.53. The van der Waals surface area contributed by atoms with Crippen molar-refractivity contribution < 1.29 is 19.4 Å². The summed E-state index contributed by atoms with van der Waals surface area (Å²) in [6.45, 7) is 4.47. The lowest BCUT2D eigenvalue weighted by Gasteiger charge is -2.24. The lowest BCUT2D eigenvalue weighted by Crippen LogP contribution is -2.37. The molecule has 1 aromatic rings. The van der Waals surface area contributed by atoms with Gasteiger partial charge in [0.1, 0.15) is 5.75 Å². The number of carboxylic acids is 1. The van der Waals surface area contributed by atoms with E-state index in [4.69, 9.17) is 4.74 Å². The van der Waals surface area contributed by atoms with Gasteiger partial charge in [0.25, 0.3) is 0 Å². The molecule has 120 valence electrons. The molecule has 1 saturated heterocycles. The number of hydrogen-bond acceptors (Lipinski definition) is 3. The van der Waals surface area contributed by atoms with E-state index in [1.807, 2.05) is 31.2 Å². The third-order valence-electron chi connectivity index (χ3n) is 4.53. The number of ether oxygens (including phenoxy) is 1. The van der Waals surface area contributed by atoms with Crippen LogP contribution in [0, 0.1) is 5.41 Å². The van der Waals surface area contributed by atoms with Crippen LogP contribution in [0.2, 0.25) is 0 Å². The van der Waals surface area contributed by atoms with E-state index in [0.29, 0.717) is 19.4 Å². The molecule has 1 aliphatic rings. The minimum absolute atomic E-state index is 0.0117. The summed E-state index contributed by atoms with van der Waals surface area (Å²) < 4.78 is 5.14. The van der Waals surface area contributed by atoms with Gasteiger partial charge in [-0.2, -0.15) is 0 Å². The smallest absolute Gasteiger partial charge is 0.311 e. The summed E-state index contributed by atoms with van der Waals surface area (Å²) in [5.74, 6) is -0.300. The topological polar surface area (TPSA) is 66.8 Å². The number of carbonyl (C=O) groups excluding carboxylic acids is 1. The predicted molar refractivity (Wildman–Crippen MR) is 83.0 cm³/mol. The highest BCUT2D eigenvalue weighted by molar-refractivity contribution is 5.85. The Morgan fingerprint density at radius 2 is 2.00 bits per heavy atom. The Bertz CT molecular complexity index is 554. The van der Waals surface area contributed by atoms with Crippen LogP contribution < -0.4 is 4.74 Å². The minimum atomic E-state index is -0.833. The summed E-state index contributed by atoms with van der Waals surface area (Å²) in [5.41, 5.74) is 0.116. The maximum Gasteiger partial charge on any atom is 0.311 e. The summed E-state index contributed by atoms with van der Waals surface area (Å²) in [5, 5.41) is 9.29. The maximum atomic E-state index is 12.7. The van der Waals surface area contributed by atoms with E-state index in [9.17, 15) is 14.7 Å². The second kappa shape index (κ2) is 6.38. The van der Waals surface area contributed by atoms with E-state index in [1.165, 1.54) is 0 Å². The Labute approximate surface area is 130 Å². The van der Waals surface area contributed by atoms with Crippen molar-refractivity contribution >= 4 is 11.9 Å². The van der Waals surface area contributed by atoms with Crippen molar-refractivity contribution in [2.75, 3.05) is 20.2 Å². The average Bonchev–Trinajstić information content (AvgIpc) is 2.92. The third kappa shape index (κ3) is 3.08. The first-order valence-electron chi connectivity index (χ1n) is 7.57. The molecule has 1 amide bonds. The normalized spacial score (nSPS) is 22.4. The summed E-state index contributed by atoms with van der Waals surface area (Å²) in [4.78, 5) is 25.8. The number of likely N-dealkylation sites (tertiary alicyclic amines) is 1. The lowest BCUT2D eigenvalue weighted by molar-refractivity contribution is -0.147. The Morgan fingerprint density at radius 1 is 1.36 bits per heavy atom. The Morgan fingerprint density at radius 3 is 2.45 bits per heavy atom. The van der Waals surface area contributed by atoms with Crippen LogP contribution in [0.25, 0.3) is 0 Å². The second-order valence-corrected chi connectivity index (χ2v) is 6.11. The standard InChI is InChI=1S/C17H23NO4/c1-4-14(12-5-7-13(22-3)8-6-12)15(19)18-10-9-17(2,11-18)16(20)21/h5-8,14H,4,9-11H2,1-3H3,(H,20,21). The molecule has 2 rings (SSSR count). The zero-order valence-electron chi connectivity index (χ0n) is 13.3. The van der Waals surface area contributed by atoms with E-state index >= 15 is 0 Å². The first-order valence-corrected chi connectivity index (χ1v) is 7.57. The number of rotatable bonds is 5. The molecule has 1 aromatic carbocycles. The number of carboxylic acid groups (broad SMARTS) is 1. The Balaban J connectivity index is 2.14. The molecule has 1 fully saturated rings. The van der Waals surface area contributed by atoms with E-state index < -0.39 is 11.4 Å². The van der Waals surface area contributed by atoms with Crippen molar-refractivity contribution in [1.82, 2.24) is 4.90 Å². The first-order chi connectivity index (χ1) is 10.4. The highest BCUT2D eigenvalue weighted by atomic mass is 16.5. The molecule has 1 heterocycles. The number of amides is 1. The number of aliphatic carboxylic acids is 1. The molecule has 0 spiro atoms. The van der Waals surface area contributed by atoms with Crippen molar-refractivity contribution in [3.63, 3.8) is 0 Å². The van der Waals surface area contributed by atoms with Gasteiger partial charge in [-0.1, -0.05) is 19.1 Å². The van der Waals surface area contributed by atoms with Crippen LogP contribution in [0.5, 0.6) is 5.75 Å². The van der Waals surface area contributed by atoms with Crippen LogP contribution in [-0.2, 0) is 9.59 Å². The minimum Gasteiger partial charge on any atom is -0.497 e. The van der Waals surface area contributed by atoms with Gasteiger partial charge in [-0.3, -0.25) is 9.59 Å². The summed E-state index contributed by atoms with van der Waals surface area (Å²) in [7, 11) is 1.61. The van der Waals surface area contributed by atoms with Gasteiger partial charge in [-0.15, -0.1) is 0 Å². The molecular formula is C17H23NO4. The molecule has 5 heteroatoms. The molecule has 0 saturated carbocycles. The fraction of sp³-hybridized carbons (Fsp3) is 0.529. The Hall–Kier alpha value is -2.04. The van der Waals surface area contributed by atoms with E-state index in [2.05, 4.69) is 0 Å². The molecular weight excluding hydrogens is 282 g/mol. The molecule has 5 nitrogen and oxygen atoms in total. The zero-order chi connectivity index (χ0) is 16.3. The van der Waals surface area contributed by atoms with Gasteiger partial charge in [-0.05, 0) is 37.5 Å². The van der Waals surface area contributed by atoms with Gasteiger partial charge in [0.15, 0.2) is 0 Å².